The third-order valence-electron chi connectivity index (χ3n) is 3.47. The highest BCUT2D eigenvalue weighted by Gasteiger charge is 2.17. The Hall–Kier alpha value is -3.07. The zero-order valence-electron chi connectivity index (χ0n) is 13.8. The quantitative estimate of drug-likeness (QED) is 0.715. The molecular weight excluding hydrogens is 359 g/mol. The third kappa shape index (κ3) is 4.31. The number of hydrogen-bond acceptors (Lipinski definition) is 6. The summed E-state index contributed by atoms with van der Waals surface area (Å²) in [5, 5.41) is 2.59. The van der Waals surface area contributed by atoms with E-state index in [0.29, 0.717) is 12.3 Å². The largest absolute Gasteiger partial charge is 0.486 e. The van der Waals surface area contributed by atoms with Crippen LogP contribution in [0.4, 0.5) is 4.39 Å². The first kappa shape index (κ1) is 17.7. The molecule has 0 fully saturated rings. The first-order valence-electron chi connectivity index (χ1n) is 7.63. The lowest BCUT2D eigenvalue weighted by Gasteiger charge is -2.15. The maximum absolute atomic E-state index is 12.9. The SMILES string of the molecule is CN(Cc1nccs1)C(=O)c1cnc(COc2ccc(F)cc2)[nH]c1=O. The van der Waals surface area contributed by atoms with Gasteiger partial charge in [0.2, 0.25) is 0 Å². The molecular formula is C17H15FN4O3S. The van der Waals surface area contributed by atoms with Crippen molar-refractivity contribution in [3.8, 4) is 5.75 Å². The fraction of sp³-hybridized carbons (Fsp3) is 0.176. The average molecular weight is 374 g/mol. The molecule has 3 rings (SSSR count). The number of H-pyrrole nitrogens is 1. The molecule has 0 saturated carbocycles. The zero-order chi connectivity index (χ0) is 18.5. The minimum Gasteiger partial charge on any atom is -0.486 e. The highest BCUT2D eigenvalue weighted by Crippen LogP contribution is 2.12. The molecule has 2 aromatic heterocycles. The van der Waals surface area contributed by atoms with Crippen LogP contribution in [0.3, 0.4) is 0 Å². The molecule has 2 heterocycles. The molecule has 26 heavy (non-hydrogen) atoms. The Kier molecular flexibility index (Phi) is 5.37. The minimum atomic E-state index is -0.548. The number of aromatic nitrogens is 3. The van der Waals surface area contributed by atoms with Gasteiger partial charge in [-0.1, -0.05) is 0 Å². The Labute approximate surface area is 152 Å². The molecule has 1 aromatic carbocycles. The molecule has 1 N–H and O–H groups in total. The number of carbonyl (C=O) groups excluding carboxylic acids is 1. The van der Waals surface area contributed by atoms with Gasteiger partial charge >= 0.3 is 0 Å². The van der Waals surface area contributed by atoms with Crippen LogP contribution in [-0.2, 0) is 13.2 Å². The van der Waals surface area contributed by atoms with Crippen LogP contribution in [0.2, 0.25) is 0 Å². The predicted octanol–water partition coefficient (Wildman–Crippen LogP) is 2.22. The minimum absolute atomic E-state index is 0.00963. The second-order valence-electron chi connectivity index (χ2n) is 5.40. The summed E-state index contributed by atoms with van der Waals surface area (Å²) in [5.74, 6) is -0.107. The van der Waals surface area contributed by atoms with E-state index in [1.54, 1.807) is 13.2 Å². The van der Waals surface area contributed by atoms with Crippen molar-refractivity contribution in [1.29, 1.82) is 0 Å². The fourth-order valence-electron chi connectivity index (χ4n) is 2.15. The molecule has 0 radical (unpaired) electrons. The Bertz CT molecular complexity index is 941. The standard InChI is InChI=1S/C17H15FN4O3S/c1-22(9-15-19-6-7-26-15)17(24)13-8-20-14(21-16(13)23)10-25-12-4-2-11(18)3-5-12/h2-8H,9-10H2,1H3,(H,20,21,23). The summed E-state index contributed by atoms with van der Waals surface area (Å²) in [7, 11) is 1.59. The Morgan fingerprint density at radius 1 is 1.31 bits per heavy atom. The van der Waals surface area contributed by atoms with Gasteiger partial charge in [-0.2, -0.15) is 0 Å². The molecule has 0 aliphatic heterocycles. The van der Waals surface area contributed by atoms with E-state index in [-0.39, 0.29) is 23.8 Å². The van der Waals surface area contributed by atoms with Gasteiger partial charge in [0.15, 0.2) is 0 Å². The number of hydrogen-bond donors (Lipinski definition) is 1. The molecule has 0 bridgehead atoms. The normalized spacial score (nSPS) is 10.5. The van der Waals surface area contributed by atoms with E-state index in [0.717, 1.165) is 5.01 Å². The van der Waals surface area contributed by atoms with Gasteiger partial charge < -0.3 is 14.6 Å². The van der Waals surface area contributed by atoms with E-state index in [1.165, 1.54) is 46.7 Å². The summed E-state index contributed by atoms with van der Waals surface area (Å²) in [6, 6.07) is 5.48. The van der Waals surface area contributed by atoms with E-state index in [4.69, 9.17) is 4.74 Å². The monoisotopic (exact) mass is 374 g/mol. The van der Waals surface area contributed by atoms with Crippen molar-refractivity contribution in [3.63, 3.8) is 0 Å². The molecule has 7 nitrogen and oxygen atoms in total. The van der Waals surface area contributed by atoms with Crippen molar-refractivity contribution in [2.24, 2.45) is 0 Å². The number of nitrogens with zero attached hydrogens (tertiary/aromatic N) is 3. The first-order valence-corrected chi connectivity index (χ1v) is 8.51. The second kappa shape index (κ2) is 7.87. The molecule has 134 valence electrons. The lowest BCUT2D eigenvalue weighted by Crippen LogP contribution is -2.32. The Morgan fingerprint density at radius 2 is 2.08 bits per heavy atom. The average Bonchev–Trinajstić information content (AvgIpc) is 3.14. The fourth-order valence-corrected chi connectivity index (χ4v) is 2.82. The molecule has 0 aliphatic carbocycles. The summed E-state index contributed by atoms with van der Waals surface area (Å²) in [5.41, 5.74) is -0.608. The number of aromatic amines is 1. The zero-order valence-corrected chi connectivity index (χ0v) is 14.6. The van der Waals surface area contributed by atoms with Crippen LogP contribution in [-0.4, -0.2) is 32.8 Å². The van der Waals surface area contributed by atoms with Gasteiger partial charge in [-0.25, -0.2) is 14.4 Å². The van der Waals surface area contributed by atoms with Gasteiger partial charge in [0.1, 0.15) is 34.6 Å². The van der Waals surface area contributed by atoms with Crippen LogP contribution in [0.1, 0.15) is 21.2 Å². The lowest BCUT2D eigenvalue weighted by atomic mass is 10.3. The van der Waals surface area contributed by atoms with Crippen LogP contribution in [0.25, 0.3) is 0 Å². The molecule has 0 spiro atoms. The van der Waals surface area contributed by atoms with Gasteiger partial charge in [0.25, 0.3) is 11.5 Å². The van der Waals surface area contributed by atoms with Crippen molar-refractivity contribution < 1.29 is 13.9 Å². The second-order valence-corrected chi connectivity index (χ2v) is 6.38. The molecule has 9 heteroatoms. The van der Waals surface area contributed by atoms with Crippen molar-refractivity contribution in [2.45, 2.75) is 13.2 Å². The highest BCUT2D eigenvalue weighted by molar-refractivity contribution is 7.09. The Balaban J connectivity index is 1.65. The molecule has 1 amide bonds. The molecule has 0 aliphatic rings. The van der Waals surface area contributed by atoms with Crippen LogP contribution in [0.15, 0.2) is 46.8 Å². The summed E-state index contributed by atoms with van der Waals surface area (Å²) in [6.45, 7) is 0.301. The van der Waals surface area contributed by atoms with E-state index >= 15 is 0 Å². The van der Waals surface area contributed by atoms with Crippen LogP contribution in [0.5, 0.6) is 5.75 Å². The number of halogens is 1. The van der Waals surface area contributed by atoms with Crippen molar-refractivity contribution in [1.82, 2.24) is 19.9 Å². The van der Waals surface area contributed by atoms with E-state index in [9.17, 15) is 14.0 Å². The van der Waals surface area contributed by atoms with E-state index < -0.39 is 11.5 Å². The number of thiazole rings is 1. The van der Waals surface area contributed by atoms with Gasteiger partial charge in [0, 0.05) is 24.8 Å². The van der Waals surface area contributed by atoms with Crippen molar-refractivity contribution in [2.75, 3.05) is 7.05 Å². The summed E-state index contributed by atoms with van der Waals surface area (Å²) >= 11 is 1.43. The summed E-state index contributed by atoms with van der Waals surface area (Å²) in [4.78, 5) is 36.7. The molecule has 0 saturated heterocycles. The van der Waals surface area contributed by atoms with Gasteiger partial charge in [-0.05, 0) is 24.3 Å². The highest BCUT2D eigenvalue weighted by atomic mass is 32.1. The number of nitrogens with one attached hydrogen (secondary N) is 1. The summed E-state index contributed by atoms with van der Waals surface area (Å²) in [6.07, 6.45) is 2.88. The first-order chi connectivity index (χ1) is 12.5. The number of amides is 1. The molecule has 0 atom stereocenters. The molecule has 0 unspecified atom stereocenters. The predicted molar refractivity (Wildman–Crippen MR) is 93.5 cm³/mol. The molecule has 3 aromatic rings. The number of ether oxygens (including phenoxy) is 1. The number of rotatable bonds is 6. The van der Waals surface area contributed by atoms with Gasteiger partial charge in [-0.3, -0.25) is 9.59 Å². The maximum Gasteiger partial charge on any atom is 0.263 e. The smallest absolute Gasteiger partial charge is 0.263 e. The topological polar surface area (TPSA) is 88.2 Å². The van der Waals surface area contributed by atoms with E-state index in [1.807, 2.05) is 5.38 Å². The van der Waals surface area contributed by atoms with Crippen molar-refractivity contribution in [3.05, 3.63) is 74.6 Å². The Morgan fingerprint density at radius 3 is 2.73 bits per heavy atom. The number of carbonyl (C=O) groups is 1. The van der Waals surface area contributed by atoms with Crippen LogP contribution < -0.4 is 10.3 Å². The van der Waals surface area contributed by atoms with Gasteiger partial charge in [0.05, 0.1) is 6.54 Å². The lowest BCUT2D eigenvalue weighted by molar-refractivity contribution is 0.0782. The third-order valence-corrected chi connectivity index (χ3v) is 4.24. The van der Waals surface area contributed by atoms with E-state index in [2.05, 4.69) is 15.0 Å². The summed E-state index contributed by atoms with van der Waals surface area (Å²) < 4.78 is 18.3. The van der Waals surface area contributed by atoms with Crippen LogP contribution >= 0.6 is 11.3 Å². The maximum atomic E-state index is 12.9. The number of benzene rings is 1. The van der Waals surface area contributed by atoms with Crippen molar-refractivity contribution >= 4 is 17.2 Å². The van der Waals surface area contributed by atoms with Crippen LogP contribution in [0, 0.1) is 5.82 Å². The van der Waals surface area contributed by atoms with Gasteiger partial charge in [-0.15, -0.1) is 11.3 Å².